The van der Waals surface area contributed by atoms with Gasteiger partial charge in [0.2, 0.25) is 17.7 Å². The fourth-order valence-corrected chi connectivity index (χ4v) is 20.8. The first-order chi connectivity index (χ1) is 61.3. The Morgan fingerprint density at radius 2 is 0.706 bits per heavy atom. The van der Waals surface area contributed by atoms with Gasteiger partial charge in [-0.15, -0.1) is 0 Å². The molecule has 0 radical (unpaired) electrons. The number of carbonyl (C=O) groups excluding carboxylic acids is 9. The maximum atomic E-state index is 13.8. The Morgan fingerprint density at radius 3 is 1.04 bits per heavy atom. The molecular weight excluding hydrogens is 1570 g/mol. The molecule has 126 heavy (non-hydrogen) atoms. The van der Waals surface area contributed by atoms with Crippen molar-refractivity contribution < 1.29 is 43.2 Å². The summed E-state index contributed by atoms with van der Waals surface area (Å²) in [5.74, 6) is 3.57. The molecule has 6 fully saturated rings. The zero-order valence-corrected chi connectivity index (χ0v) is 76.9. The van der Waals surface area contributed by atoms with Crippen LogP contribution < -0.4 is 16.0 Å². The Hall–Kier alpha value is -8.92. The standard InChI is InChI=1S/C35H50N4O3.2C35H48N4O3/c3*1-3-27(40)16-9-7-10-17-29(36-34(42)28-24-35(28)19-21-39(4-2)22-20-35)31-32-30(41)18-11-6-5-8-13-25-14-12-15-26(23-25)33(37-31)38-32/h12,14-15,23,28-29H,3-11,13,16-22,24H2,1-2H3,(H,36,42)(H,37,38);2*8,12-15,23,28-29H,3-7,9-11,16-22,24H2,1-2H3,(H,36,42)(H,37,38)/b;13-8+;13-8-/t3*28-,29+/m111/s1. The number of H-pyrrole nitrogens is 3. The van der Waals surface area contributed by atoms with E-state index in [1.165, 1.54) is 5.56 Å². The van der Waals surface area contributed by atoms with Crippen LogP contribution in [0.15, 0.2) is 84.9 Å². The van der Waals surface area contributed by atoms with Crippen molar-refractivity contribution in [3.8, 4) is 34.2 Å². The maximum Gasteiger partial charge on any atom is 0.224 e. The van der Waals surface area contributed by atoms with Gasteiger partial charge in [-0.05, 0) is 264 Å². The number of fused-ring (bicyclic) bond motifs is 15. The molecule has 9 aliphatic rings. The number of imidazole rings is 3. The van der Waals surface area contributed by atoms with E-state index in [1.807, 2.05) is 45.0 Å². The van der Waals surface area contributed by atoms with Crippen LogP contribution in [0, 0.1) is 34.0 Å². The minimum Gasteiger partial charge on any atom is -0.347 e. The fraction of sp³-hybridized carbons (Fsp3) is 0.619. The summed E-state index contributed by atoms with van der Waals surface area (Å²) >= 11 is 0. The van der Waals surface area contributed by atoms with E-state index in [1.54, 1.807) is 0 Å². The average Bonchev–Trinajstić information content (AvgIpc) is 1.59. The minimum atomic E-state index is -0.316. The number of hydrogen-bond donors (Lipinski definition) is 6. The third kappa shape index (κ3) is 25.3. The van der Waals surface area contributed by atoms with Crippen LogP contribution in [0.2, 0.25) is 0 Å². The zero-order chi connectivity index (χ0) is 88.6. The SMILES string of the molecule is CCC(=O)CCCCC[C@H](NC(=O)[C@H]1CC12CCN(CC)CC2)c1[nH]c2nc1C(=O)CCCC/C=C/c1cccc-2c1.CCC(=O)CCCCC[C@H](NC(=O)[C@H]1CC12CCN(CC)CC2)c1[nH]c2nc1C(=O)CCCC/C=C\c1cccc-2c1.CCC(=O)CCCCC[C@H](NC(=O)[C@H]1CC12CCN(CC)CC2)c1[nH]c2nc1C(=O)CCCCCCc1cccc-2c1. The van der Waals surface area contributed by atoms with E-state index in [0.29, 0.717) is 123 Å². The summed E-state index contributed by atoms with van der Waals surface area (Å²) in [7, 11) is 0. The van der Waals surface area contributed by atoms with Gasteiger partial charge in [-0.2, -0.15) is 0 Å². The molecule has 6 aromatic rings. The van der Waals surface area contributed by atoms with E-state index in [0.717, 1.165) is 296 Å². The molecule has 12 bridgehead atoms. The first kappa shape index (κ1) is 94.7. The van der Waals surface area contributed by atoms with Crippen molar-refractivity contribution in [3.05, 3.63) is 136 Å². The van der Waals surface area contributed by atoms with Crippen LogP contribution in [0.25, 0.3) is 46.3 Å². The van der Waals surface area contributed by atoms with Gasteiger partial charge in [0.05, 0.1) is 35.2 Å². The number of aryl methyl sites for hydroxylation is 1. The van der Waals surface area contributed by atoms with Crippen LogP contribution in [0.4, 0.5) is 0 Å². The monoisotopic (exact) mass is 1720 g/mol. The quantitative estimate of drug-likeness (QED) is 0.0209. The number of ketones is 6. The average molecular weight is 1720 g/mol. The Balaban J connectivity index is 0.000000162. The minimum absolute atomic E-state index is 0.0366. The summed E-state index contributed by atoms with van der Waals surface area (Å²) in [6.45, 7) is 22.0. The summed E-state index contributed by atoms with van der Waals surface area (Å²) in [6.07, 6.45) is 43.6. The first-order valence-electron chi connectivity index (χ1n) is 49.4. The van der Waals surface area contributed by atoms with Crippen LogP contribution in [0.3, 0.4) is 0 Å². The molecule has 15 rings (SSSR count). The predicted molar refractivity (Wildman–Crippen MR) is 500 cm³/mol. The lowest BCUT2D eigenvalue weighted by Gasteiger charge is -2.32. The molecule has 6 aliphatic heterocycles. The van der Waals surface area contributed by atoms with Crippen molar-refractivity contribution in [1.29, 1.82) is 0 Å². The maximum absolute atomic E-state index is 13.8. The van der Waals surface area contributed by atoms with Crippen molar-refractivity contribution in [1.82, 2.24) is 60.6 Å². The number of nitrogens with zero attached hydrogens (tertiary/aromatic N) is 6. The van der Waals surface area contributed by atoms with Crippen LogP contribution in [-0.2, 0) is 35.2 Å². The predicted octanol–water partition coefficient (Wildman–Crippen LogP) is 21.1. The second-order valence-electron chi connectivity index (χ2n) is 38.3. The molecule has 680 valence electrons. The number of likely N-dealkylation sites (tertiary alicyclic amines) is 3. The lowest BCUT2D eigenvalue weighted by molar-refractivity contribution is -0.125. The highest BCUT2D eigenvalue weighted by Crippen LogP contribution is 2.62. The van der Waals surface area contributed by atoms with Crippen LogP contribution in [0.1, 0.15) is 382 Å². The van der Waals surface area contributed by atoms with Gasteiger partial charge in [0, 0.05) is 92.2 Å². The normalized spacial score (nSPS) is 21.4. The van der Waals surface area contributed by atoms with Gasteiger partial charge >= 0.3 is 0 Å². The second kappa shape index (κ2) is 45.9. The second-order valence-corrected chi connectivity index (χ2v) is 38.3. The smallest absolute Gasteiger partial charge is 0.224 e. The molecule has 3 saturated carbocycles. The van der Waals surface area contributed by atoms with Crippen LogP contribution in [-0.4, -0.2) is 156 Å². The molecule has 3 spiro atoms. The van der Waals surface area contributed by atoms with Crippen LogP contribution >= 0.6 is 0 Å². The van der Waals surface area contributed by atoms with E-state index < -0.39 is 0 Å². The van der Waals surface area contributed by atoms with E-state index >= 15 is 0 Å². The molecule has 9 heterocycles. The molecule has 3 aliphatic carbocycles. The van der Waals surface area contributed by atoms with Gasteiger partial charge in [0.25, 0.3) is 0 Å². The van der Waals surface area contributed by atoms with E-state index in [-0.39, 0.29) is 87.2 Å². The van der Waals surface area contributed by atoms with Gasteiger partial charge in [-0.25, -0.2) is 15.0 Å². The number of carbonyl (C=O) groups is 9. The molecule has 3 saturated heterocycles. The number of Topliss-reactive ketones (excluding diaryl/α,β-unsaturated/α-hetero) is 6. The Morgan fingerprint density at radius 1 is 0.389 bits per heavy atom. The number of nitrogens with one attached hydrogen (secondary N) is 6. The summed E-state index contributed by atoms with van der Waals surface area (Å²) in [4.78, 5) is 150. The molecule has 3 amide bonds. The topological polar surface area (TPSA) is 285 Å². The zero-order valence-electron chi connectivity index (χ0n) is 76.9. The van der Waals surface area contributed by atoms with Crippen molar-refractivity contribution in [3.63, 3.8) is 0 Å². The van der Waals surface area contributed by atoms with Crippen molar-refractivity contribution in [2.75, 3.05) is 58.9 Å². The molecule has 3 aromatic heterocycles. The number of allylic oxidation sites excluding steroid dienone is 2. The highest BCUT2D eigenvalue weighted by molar-refractivity contribution is 5.98. The lowest BCUT2D eigenvalue weighted by Crippen LogP contribution is -2.37. The van der Waals surface area contributed by atoms with Crippen molar-refractivity contribution >= 4 is 64.6 Å². The number of piperidine rings is 3. The number of amides is 3. The van der Waals surface area contributed by atoms with Crippen LogP contribution in [0.5, 0.6) is 0 Å². The van der Waals surface area contributed by atoms with Gasteiger partial charge in [-0.3, -0.25) is 43.2 Å². The fourth-order valence-electron chi connectivity index (χ4n) is 20.8. The lowest BCUT2D eigenvalue weighted by atomic mass is 9.90. The Kier molecular flexibility index (Phi) is 34.5. The number of hydrogen-bond acceptors (Lipinski definition) is 15. The van der Waals surface area contributed by atoms with E-state index in [2.05, 4.69) is 139 Å². The summed E-state index contributed by atoms with van der Waals surface area (Å²) in [5, 5.41) is 10.2. The number of aromatic nitrogens is 6. The third-order valence-corrected chi connectivity index (χ3v) is 29.7. The molecule has 3 aromatic carbocycles. The number of aromatic amines is 3. The highest BCUT2D eigenvalue weighted by atomic mass is 16.2. The largest absolute Gasteiger partial charge is 0.347 e. The number of unbranched alkanes of at least 4 members (excludes halogenated alkanes) is 6. The Bertz CT molecular complexity index is 4550. The molecular formula is C105H146N12O9. The van der Waals surface area contributed by atoms with E-state index in [9.17, 15) is 43.2 Å². The summed E-state index contributed by atoms with van der Waals surface area (Å²) in [5.41, 5.74) is 10.4. The van der Waals surface area contributed by atoms with Crippen molar-refractivity contribution in [2.45, 2.75) is 323 Å². The molecule has 21 heteroatoms. The molecule has 0 unspecified atom stereocenters. The van der Waals surface area contributed by atoms with E-state index in [4.69, 9.17) is 15.0 Å². The van der Waals surface area contributed by atoms with Gasteiger partial charge in [0.15, 0.2) is 17.3 Å². The molecule has 6 N–H and O–H groups in total. The number of benzene rings is 3. The third-order valence-electron chi connectivity index (χ3n) is 29.7. The van der Waals surface area contributed by atoms with Crippen molar-refractivity contribution in [2.24, 2.45) is 34.0 Å². The number of rotatable bonds is 33. The Labute approximate surface area is 749 Å². The molecule has 21 nitrogen and oxygen atoms in total. The molecule has 6 atom stereocenters. The highest BCUT2D eigenvalue weighted by Gasteiger charge is 2.61. The summed E-state index contributed by atoms with van der Waals surface area (Å²) < 4.78 is 0. The summed E-state index contributed by atoms with van der Waals surface area (Å²) in [6, 6.07) is 24.0. The van der Waals surface area contributed by atoms with Gasteiger partial charge in [0.1, 0.15) is 51.9 Å². The van der Waals surface area contributed by atoms with Gasteiger partial charge < -0.3 is 45.6 Å². The first-order valence-corrected chi connectivity index (χ1v) is 49.4. The van der Waals surface area contributed by atoms with Gasteiger partial charge in [-0.1, -0.05) is 172 Å².